The molecule has 214 valence electrons. The van der Waals surface area contributed by atoms with Gasteiger partial charge in [0, 0.05) is 33.7 Å². The van der Waals surface area contributed by atoms with Crippen LogP contribution in [0.2, 0.25) is 5.02 Å². The summed E-state index contributed by atoms with van der Waals surface area (Å²) in [6, 6.07) is 19.1. The third-order valence-electron chi connectivity index (χ3n) is 6.11. The van der Waals surface area contributed by atoms with Crippen molar-refractivity contribution in [3.05, 3.63) is 75.8 Å². The van der Waals surface area contributed by atoms with E-state index in [2.05, 4.69) is 22.4 Å². The van der Waals surface area contributed by atoms with Gasteiger partial charge in [-0.2, -0.15) is 10.5 Å². The molecule has 0 bridgehead atoms. The van der Waals surface area contributed by atoms with Crippen LogP contribution >= 0.6 is 34.7 Å². The number of benzene rings is 2. The lowest BCUT2D eigenvalue weighted by molar-refractivity contribution is -0.116. The average molecular weight is 617 g/mol. The first-order chi connectivity index (χ1) is 20.3. The molecule has 0 spiro atoms. The van der Waals surface area contributed by atoms with Gasteiger partial charge < -0.3 is 15.0 Å². The lowest BCUT2D eigenvalue weighted by Gasteiger charge is -2.16. The minimum atomic E-state index is -0.244. The molecule has 2 heterocycles. The minimum Gasteiger partial charge on any atom is -0.494 e. The standard InChI is InChI=1S/C31H29ClN6O2S2/c1-4-40-24-13-9-20(10-14-24)28-25(16-33)29(36-27(39)6-5-15-38(2)3)37-31(26(28)17-34)42-19-23-18-41-30(35-23)21-7-11-22(32)12-8-21/h7-14,18H,4-6,15,19H2,1-3H3,(H,36,37,39). The van der Waals surface area contributed by atoms with Crippen molar-refractivity contribution in [2.75, 3.05) is 32.6 Å². The number of hydrogen-bond donors (Lipinski definition) is 1. The van der Waals surface area contributed by atoms with E-state index >= 15 is 0 Å². The molecule has 0 saturated heterocycles. The maximum absolute atomic E-state index is 12.8. The highest BCUT2D eigenvalue weighted by Crippen LogP contribution is 2.38. The number of nitriles is 2. The van der Waals surface area contributed by atoms with Gasteiger partial charge in [-0.25, -0.2) is 9.97 Å². The molecule has 0 saturated carbocycles. The molecule has 2 aromatic carbocycles. The Labute approximate surface area is 258 Å². The van der Waals surface area contributed by atoms with E-state index < -0.39 is 0 Å². The van der Waals surface area contributed by atoms with Crippen LogP contribution in [0.25, 0.3) is 21.7 Å². The Hall–Kier alpha value is -3.93. The number of halogens is 1. The lowest BCUT2D eigenvalue weighted by atomic mass is 9.96. The van der Waals surface area contributed by atoms with E-state index in [0.717, 1.165) is 22.8 Å². The highest BCUT2D eigenvalue weighted by atomic mass is 35.5. The van der Waals surface area contributed by atoms with Crippen LogP contribution in [-0.4, -0.2) is 48.0 Å². The number of carbonyl (C=O) groups excluding carboxylic acids is 1. The number of pyridine rings is 1. The Morgan fingerprint density at radius 3 is 2.38 bits per heavy atom. The molecule has 8 nitrogen and oxygen atoms in total. The second kappa shape index (κ2) is 14.8. The molecule has 0 aliphatic carbocycles. The van der Waals surface area contributed by atoms with Gasteiger partial charge in [0.25, 0.3) is 0 Å². The van der Waals surface area contributed by atoms with Gasteiger partial charge >= 0.3 is 0 Å². The summed E-state index contributed by atoms with van der Waals surface area (Å²) >= 11 is 8.88. The molecular formula is C31H29ClN6O2S2. The van der Waals surface area contributed by atoms with Gasteiger partial charge in [0.05, 0.1) is 17.9 Å². The zero-order chi connectivity index (χ0) is 30.1. The van der Waals surface area contributed by atoms with E-state index in [1.165, 1.54) is 23.1 Å². The average Bonchev–Trinajstić information content (AvgIpc) is 3.45. The highest BCUT2D eigenvalue weighted by molar-refractivity contribution is 7.98. The number of anilines is 1. The predicted octanol–water partition coefficient (Wildman–Crippen LogP) is 7.24. The Bertz CT molecular complexity index is 1620. The molecule has 0 fully saturated rings. The Balaban J connectivity index is 1.70. The van der Waals surface area contributed by atoms with Crippen LogP contribution in [-0.2, 0) is 10.5 Å². The van der Waals surface area contributed by atoms with Crippen LogP contribution in [0.5, 0.6) is 5.75 Å². The molecule has 1 amide bonds. The van der Waals surface area contributed by atoms with Crippen molar-refractivity contribution in [2.24, 2.45) is 0 Å². The molecule has 0 atom stereocenters. The van der Waals surface area contributed by atoms with E-state index in [0.29, 0.717) is 45.7 Å². The number of nitrogens with one attached hydrogen (secondary N) is 1. The van der Waals surface area contributed by atoms with Crippen LogP contribution in [0, 0.1) is 22.7 Å². The van der Waals surface area contributed by atoms with Crippen molar-refractivity contribution in [2.45, 2.75) is 30.5 Å². The summed E-state index contributed by atoms with van der Waals surface area (Å²) < 4.78 is 5.57. The van der Waals surface area contributed by atoms with Crippen molar-refractivity contribution < 1.29 is 9.53 Å². The van der Waals surface area contributed by atoms with Gasteiger partial charge in [-0.3, -0.25) is 4.79 Å². The first kappa shape index (κ1) is 31.0. The van der Waals surface area contributed by atoms with Crippen molar-refractivity contribution in [3.63, 3.8) is 0 Å². The summed E-state index contributed by atoms with van der Waals surface area (Å²) in [5.41, 5.74) is 3.26. The third kappa shape index (κ3) is 7.87. The summed E-state index contributed by atoms with van der Waals surface area (Å²) in [6.07, 6.45) is 0.933. The fourth-order valence-corrected chi connectivity index (χ4v) is 6.07. The molecule has 0 radical (unpaired) electrons. The second-order valence-electron chi connectivity index (χ2n) is 9.47. The van der Waals surface area contributed by atoms with Crippen molar-refractivity contribution in [3.8, 4) is 39.6 Å². The molecule has 1 N–H and O–H groups in total. The summed E-state index contributed by atoms with van der Waals surface area (Å²) in [5, 5.41) is 27.2. The summed E-state index contributed by atoms with van der Waals surface area (Å²) in [4.78, 5) is 24.2. The molecule has 4 aromatic rings. The molecule has 42 heavy (non-hydrogen) atoms. The second-order valence-corrected chi connectivity index (χ2v) is 11.7. The molecule has 0 aliphatic rings. The quantitative estimate of drug-likeness (QED) is 0.166. The molecular weight excluding hydrogens is 588 g/mol. The first-order valence-electron chi connectivity index (χ1n) is 13.2. The lowest BCUT2D eigenvalue weighted by Crippen LogP contribution is -2.18. The van der Waals surface area contributed by atoms with Crippen LogP contribution in [0.4, 0.5) is 5.82 Å². The maximum Gasteiger partial charge on any atom is 0.225 e. The van der Waals surface area contributed by atoms with E-state index in [-0.39, 0.29) is 29.3 Å². The fraction of sp³-hybridized carbons (Fsp3) is 0.258. The van der Waals surface area contributed by atoms with E-state index in [1.54, 1.807) is 24.3 Å². The number of carbonyl (C=O) groups is 1. The molecule has 0 aliphatic heterocycles. The SMILES string of the molecule is CCOc1ccc(-c2c(C#N)c(NC(=O)CCCN(C)C)nc(SCc3csc(-c4ccc(Cl)cc4)n3)c2C#N)cc1. The maximum atomic E-state index is 12.8. The number of amides is 1. The Kier molecular flexibility index (Phi) is 10.9. The van der Waals surface area contributed by atoms with Gasteiger partial charge in [0.15, 0.2) is 5.82 Å². The third-order valence-corrected chi connectivity index (χ3v) is 8.31. The first-order valence-corrected chi connectivity index (χ1v) is 15.5. The summed E-state index contributed by atoms with van der Waals surface area (Å²) in [5.74, 6) is 1.01. The highest BCUT2D eigenvalue weighted by Gasteiger charge is 2.23. The van der Waals surface area contributed by atoms with E-state index in [4.69, 9.17) is 21.3 Å². The van der Waals surface area contributed by atoms with Crippen LogP contribution in [0.1, 0.15) is 36.6 Å². The fourth-order valence-electron chi connectivity index (χ4n) is 4.14. The van der Waals surface area contributed by atoms with E-state index in [1.807, 2.05) is 55.6 Å². The predicted molar refractivity (Wildman–Crippen MR) is 169 cm³/mol. The van der Waals surface area contributed by atoms with Crippen LogP contribution in [0.15, 0.2) is 58.9 Å². The van der Waals surface area contributed by atoms with Gasteiger partial charge in [-0.1, -0.05) is 47.6 Å². The van der Waals surface area contributed by atoms with Crippen molar-refractivity contribution in [1.29, 1.82) is 10.5 Å². The normalized spacial score (nSPS) is 10.7. The minimum absolute atomic E-state index is 0.137. The van der Waals surface area contributed by atoms with Gasteiger partial charge in [0.2, 0.25) is 5.91 Å². The van der Waals surface area contributed by atoms with Crippen LogP contribution in [0.3, 0.4) is 0 Å². The largest absolute Gasteiger partial charge is 0.494 e. The number of hydrogen-bond acceptors (Lipinski definition) is 9. The number of ether oxygens (including phenoxy) is 1. The number of nitrogens with zero attached hydrogens (tertiary/aromatic N) is 5. The monoisotopic (exact) mass is 616 g/mol. The Morgan fingerprint density at radius 2 is 1.74 bits per heavy atom. The number of rotatable bonds is 12. The smallest absolute Gasteiger partial charge is 0.225 e. The molecule has 2 aromatic heterocycles. The van der Waals surface area contributed by atoms with Crippen molar-refractivity contribution in [1.82, 2.24) is 14.9 Å². The van der Waals surface area contributed by atoms with E-state index in [9.17, 15) is 15.3 Å². The number of thioether (sulfide) groups is 1. The molecule has 11 heteroatoms. The number of thiazole rings is 1. The summed E-state index contributed by atoms with van der Waals surface area (Å²) in [6.45, 7) is 3.17. The topological polar surface area (TPSA) is 115 Å². The summed E-state index contributed by atoms with van der Waals surface area (Å²) in [7, 11) is 3.89. The van der Waals surface area contributed by atoms with Crippen molar-refractivity contribution >= 4 is 46.4 Å². The number of aromatic nitrogens is 2. The zero-order valence-corrected chi connectivity index (χ0v) is 25.9. The molecule has 4 rings (SSSR count). The van der Waals surface area contributed by atoms with Crippen LogP contribution < -0.4 is 10.1 Å². The van der Waals surface area contributed by atoms with Gasteiger partial charge in [-0.15, -0.1) is 11.3 Å². The molecule has 0 unspecified atom stereocenters. The Morgan fingerprint density at radius 1 is 1.05 bits per heavy atom. The zero-order valence-electron chi connectivity index (χ0n) is 23.5. The van der Waals surface area contributed by atoms with Gasteiger partial charge in [-0.05, 0) is 63.8 Å². The van der Waals surface area contributed by atoms with Gasteiger partial charge in [0.1, 0.15) is 33.5 Å².